The quantitative estimate of drug-likeness (QED) is 0.474. The Labute approximate surface area is 147 Å². The van der Waals surface area contributed by atoms with Gasteiger partial charge in [0.2, 0.25) is 0 Å². The highest BCUT2D eigenvalue weighted by molar-refractivity contribution is 5.18. The largest absolute Gasteiger partial charge is 0.396 e. The number of hydrogen-bond donors (Lipinski definition) is 1. The van der Waals surface area contributed by atoms with Crippen LogP contribution in [0, 0.1) is 23.7 Å². The molecule has 1 saturated heterocycles. The van der Waals surface area contributed by atoms with Gasteiger partial charge in [0, 0.05) is 13.2 Å². The Morgan fingerprint density at radius 1 is 1.29 bits per heavy atom. The molecule has 3 nitrogen and oxygen atoms in total. The number of unbranched alkanes of at least 4 members (excludes halogenated alkanes) is 2. The van der Waals surface area contributed by atoms with Crippen LogP contribution in [0.3, 0.4) is 0 Å². The predicted octanol–water partition coefficient (Wildman–Crippen LogP) is 4.45. The van der Waals surface area contributed by atoms with Gasteiger partial charge in [-0.2, -0.15) is 0 Å². The first-order valence-corrected chi connectivity index (χ1v) is 9.87. The molecule has 2 unspecified atom stereocenters. The van der Waals surface area contributed by atoms with Gasteiger partial charge in [-0.25, -0.2) is 0 Å². The Balaban J connectivity index is 1.72. The highest BCUT2D eigenvalue weighted by Crippen LogP contribution is 2.43. The van der Waals surface area contributed by atoms with Crippen LogP contribution in [0.4, 0.5) is 0 Å². The second kappa shape index (κ2) is 11.7. The van der Waals surface area contributed by atoms with Crippen LogP contribution in [0.25, 0.3) is 0 Å². The third kappa shape index (κ3) is 7.83. The molecule has 136 valence electrons. The molecule has 0 aromatic heterocycles. The number of aliphatic hydroxyl groups excluding tert-OH is 1. The van der Waals surface area contributed by atoms with Gasteiger partial charge in [0.15, 0.2) is 6.29 Å². The predicted molar refractivity (Wildman–Crippen MR) is 97.4 cm³/mol. The minimum Gasteiger partial charge on any atom is -0.396 e. The molecule has 1 saturated carbocycles. The van der Waals surface area contributed by atoms with Crippen LogP contribution in [-0.2, 0) is 9.47 Å². The van der Waals surface area contributed by atoms with Crippen LogP contribution in [0.1, 0.15) is 71.1 Å². The van der Waals surface area contributed by atoms with E-state index in [4.69, 9.17) is 14.6 Å². The summed E-state index contributed by atoms with van der Waals surface area (Å²) in [5.74, 6) is 7.95. The molecule has 2 rings (SSSR count). The van der Waals surface area contributed by atoms with Crippen molar-refractivity contribution in [1.82, 2.24) is 0 Å². The molecule has 0 bridgehead atoms. The second-order valence-corrected chi connectivity index (χ2v) is 7.11. The van der Waals surface area contributed by atoms with Gasteiger partial charge in [-0.15, -0.1) is 0 Å². The summed E-state index contributed by atoms with van der Waals surface area (Å²) in [5, 5.41) is 8.92. The molecule has 4 atom stereocenters. The van der Waals surface area contributed by atoms with Crippen molar-refractivity contribution in [2.75, 3.05) is 13.2 Å². The normalized spacial score (nSPS) is 27.7. The molecule has 1 heterocycles. The molecule has 2 aliphatic rings. The van der Waals surface area contributed by atoms with Gasteiger partial charge >= 0.3 is 0 Å². The Bertz CT molecular complexity index is 415. The van der Waals surface area contributed by atoms with Gasteiger partial charge in [0.25, 0.3) is 0 Å². The highest BCUT2D eigenvalue weighted by atomic mass is 16.7. The molecule has 0 aromatic rings. The average molecular weight is 335 g/mol. The molecule has 24 heavy (non-hydrogen) atoms. The third-order valence-corrected chi connectivity index (χ3v) is 4.98. The van der Waals surface area contributed by atoms with Crippen molar-refractivity contribution in [1.29, 1.82) is 0 Å². The van der Waals surface area contributed by atoms with Crippen LogP contribution >= 0.6 is 0 Å². The van der Waals surface area contributed by atoms with Gasteiger partial charge in [0.1, 0.15) is 6.10 Å². The molecule has 2 fully saturated rings. The van der Waals surface area contributed by atoms with Crippen molar-refractivity contribution >= 4 is 0 Å². The third-order valence-electron chi connectivity index (χ3n) is 4.98. The lowest BCUT2D eigenvalue weighted by molar-refractivity contribution is -0.177. The van der Waals surface area contributed by atoms with Crippen LogP contribution in [0.5, 0.6) is 0 Å². The van der Waals surface area contributed by atoms with Gasteiger partial charge in [-0.3, -0.25) is 0 Å². The van der Waals surface area contributed by atoms with E-state index in [1.165, 1.54) is 25.7 Å². The van der Waals surface area contributed by atoms with E-state index in [0.717, 1.165) is 57.0 Å². The van der Waals surface area contributed by atoms with Crippen LogP contribution in [0.15, 0.2) is 12.2 Å². The van der Waals surface area contributed by atoms with Gasteiger partial charge in [-0.1, -0.05) is 37.7 Å². The molecule has 0 radical (unpaired) electrons. The van der Waals surface area contributed by atoms with E-state index in [1.54, 1.807) is 0 Å². The monoisotopic (exact) mass is 334 g/mol. The molecule has 0 spiro atoms. The molecule has 1 aliphatic carbocycles. The molecule has 3 heteroatoms. The Morgan fingerprint density at radius 3 is 2.96 bits per heavy atom. The Kier molecular flexibility index (Phi) is 9.50. The van der Waals surface area contributed by atoms with Crippen molar-refractivity contribution < 1.29 is 14.6 Å². The first-order valence-electron chi connectivity index (χ1n) is 9.87. The molecule has 0 amide bonds. The number of ether oxygens (including phenoxy) is 2. The van der Waals surface area contributed by atoms with Crippen LogP contribution < -0.4 is 0 Å². The average Bonchev–Trinajstić information content (AvgIpc) is 3.34. The smallest absolute Gasteiger partial charge is 0.159 e. The molecule has 1 N–H and O–H groups in total. The zero-order chi connectivity index (χ0) is 17.0. The molecule has 1 aliphatic heterocycles. The van der Waals surface area contributed by atoms with Gasteiger partial charge in [-0.05, 0) is 69.3 Å². The molecular formula is C21H34O3. The number of allylic oxidation sites excluding steroid dienone is 2. The second-order valence-electron chi connectivity index (χ2n) is 7.11. The summed E-state index contributed by atoms with van der Waals surface area (Å²) in [6.45, 7) is 3.36. The van der Waals surface area contributed by atoms with E-state index >= 15 is 0 Å². The van der Waals surface area contributed by atoms with E-state index in [-0.39, 0.29) is 12.4 Å². The summed E-state index contributed by atoms with van der Waals surface area (Å²) in [7, 11) is 0. The van der Waals surface area contributed by atoms with Gasteiger partial charge < -0.3 is 14.6 Å². The van der Waals surface area contributed by atoms with E-state index in [1.807, 2.05) is 6.08 Å². The summed E-state index contributed by atoms with van der Waals surface area (Å²) < 4.78 is 11.8. The van der Waals surface area contributed by atoms with Gasteiger partial charge in [0.05, 0.1) is 0 Å². The van der Waals surface area contributed by atoms with Crippen LogP contribution in [0.2, 0.25) is 0 Å². The van der Waals surface area contributed by atoms with Crippen molar-refractivity contribution in [2.45, 2.75) is 83.5 Å². The fourth-order valence-electron chi connectivity index (χ4n) is 3.32. The fraction of sp³-hybridized carbons (Fsp3) is 0.810. The number of aliphatic hydroxyl groups is 1. The minimum atomic E-state index is -0.0608. The lowest BCUT2D eigenvalue weighted by Crippen LogP contribution is -2.27. The first-order chi connectivity index (χ1) is 11.8. The summed E-state index contributed by atoms with van der Waals surface area (Å²) in [6.07, 6.45) is 15.3. The van der Waals surface area contributed by atoms with E-state index in [2.05, 4.69) is 24.8 Å². The van der Waals surface area contributed by atoms with E-state index in [0.29, 0.717) is 6.61 Å². The first kappa shape index (κ1) is 19.5. The lowest BCUT2D eigenvalue weighted by Gasteiger charge is -2.25. The maximum atomic E-state index is 8.92. The summed E-state index contributed by atoms with van der Waals surface area (Å²) >= 11 is 0. The number of hydrogen-bond acceptors (Lipinski definition) is 3. The summed E-state index contributed by atoms with van der Waals surface area (Å²) in [6, 6.07) is 0. The van der Waals surface area contributed by atoms with E-state index < -0.39 is 0 Å². The molecule has 0 aromatic carbocycles. The zero-order valence-electron chi connectivity index (χ0n) is 15.2. The topological polar surface area (TPSA) is 38.7 Å². The maximum Gasteiger partial charge on any atom is 0.159 e. The van der Waals surface area contributed by atoms with Crippen LogP contribution in [-0.4, -0.2) is 30.7 Å². The van der Waals surface area contributed by atoms with Crippen molar-refractivity contribution in [3.8, 4) is 11.8 Å². The molecular weight excluding hydrogens is 300 g/mol. The Morgan fingerprint density at radius 2 is 2.21 bits per heavy atom. The fourth-order valence-corrected chi connectivity index (χ4v) is 3.32. The zero-order valence-corrected chi connectivity index (χ0v) is 15.2. The standard InChI is InChI=1S/C21H34O3/c1-2-3-5-11-20(24-21-13-8-9-16-23-21)12-7-4-6-10-18-17-19(18)14-15-22/h4,6,18-22H,2-3,5,8-11,13-17H2,1H3/b6-4-/t18-,19-,20?,21?/m1/s1. The Hall–Kier alpha value is -0.820. The van der Waals surface area contributed by atoms with Crippen molar-refractivity contribution in [3.05, 3.63) is 12.2 Å². The van der Waals surface area contributed by atoms with Crippen molar-refractivity contribution in [2.24, 2.45) is 11.8 Å². The summed E-state index contributed by atoms with van der Waals surface area (Å²) in [4.78, 5) is 0. The van der Waals surface area contributed by atoms with Crippen molar-refractivity contribution in [3.63, 3.8) is 0 Å². The highest BCUT2D eigenvalue weighted by Gasteiger charge is 2.34. The minimum absolute atomic E-state index is 0.00707. The summed E-state index contributed by atoms with van der Waals surface area (Å²) in [5.41, 5.74) is 0. The lowest BCUT2D eigenvalue weighted by atomic mass is 10.1. The maximum absolute atomic E-state index is 8.92. The number of rotatable bonds is 10. The SMILES string of the molecule is CCCCCC(C#C/C=C\C[C@@H]1C[C@H]1CCO)OC1CCCCO1. The van der Waals surface area contributed by atoms with E-state index in [9.17, 15) is 0 Å².